The van der Waals surface area contributed by atoms with E-state index in [0.717, 1.165) is 0 Å². The molecule has 0 aromatic heterocycles. The van der Waals surface area contributed by atoms with Gasteiger partial charge < -0.3 is 9.47 Å². The topological polar surface area (TPSA) is 95.7 Å². The van der Waals surface area contributed by atoms with Gasteiger partial charge in [0.25, 0.3) is 0 Å². The van der Waals surface area contributed by atoms with E-state index in [1.165, 1.54) is 0 Å². The Balaban J connectivity index is 2.64. The Hall–Kier alpha value is -2.44. The third-order valence-electron chi connectivity index (χ3n) is 2.65. The average Bonchev–Trinajstić information content (AvgIpc) is 2.43. The number of hydrogen-bond donors (Lipinski definition) is 0. The lowest BCUT2D eigenvalue weighted by Crippen LogP contribution is -2.35. The summed E-state index contributed by atoms with van der Waals surface area (Å²) in [4.78, 5) is 33.6. The van der Waals surface area contributed by atoms with Crippen molar-refractivity contribution < 1.29 is 24.0 Å². The Morgan fingerprint density at radius 1 is 1.23 bits per heavy atom. The van der Waals surface area contributed by atoms with Crippen LogP contribution in [0.5, 0.6) is 0 Å². The molecule has 0 aliphatic carbocycles. The zero-order valence-electron chi connectivity index (χ0n) is 12.8. The normalized spacial score (nSPS) is 12.3. The zero-order chi connectivity index (χ0) is 16.8. The molecule has 1 aromatic rings. The van der Waals surface area contributed by atoms with Crippen LogP contribution in [0.4, 0.5) is 0 Å². The molecule has 0 radical (unpaired) electrons. The molecule has 1 aromatic carbocycles. The predicted molar refractivity (Wildman–Crippen MR) is 77.9 cm³/mol. The molecule has 0 N–H and O–H groups in total. The van der Waals surface area contributed by atoms with Crippen molar-refractivity contribution in [3.05, 3.63) is 46.0 Å². The second-order valence-electron chi connectivity index (χ2n) is 5.76. The van der Waals surface area contributed by atoms with E-state index in [-0.39, 0.29) is 6.61 Å². The molecular weight excluding hydrogens is 290 g/mol. The summed E-state index contributed by atoms with van der Waals surface area (Å²) >= 11 is 0. The summed E-state index contributed by atoms with van der Waals surface area (Å²) < 4.78 is 10.0. The molecule has 0 saturated carbocycles. The number of ether oxygens (including phenoxy) is 2. The molecule has 0 bridgehead atoms. The van der Waals surface area contributed by atoms with Crippen LogP contribution in [0.25, 0.3) is 0 Å². The highest BCUT2D eigenvalue weighted by Gasteiger charge is 2.29. The van der Waals surface area contributed by atoms with Gasteiger partial charge >= 0.3 is 11.9 Å². The van der Waals surface area contributed by atoms with Gasteiger partial charge in [-0.2, -0.15) is 0 Å². The Bertz CT molecular complexity index is 535. The van der Waals surface area contributed by atoms with Crippen LogP contribution in [-0.4, -0.2) is 36.1 Å². The zero-order valence-corrected chi connectivity index (χ0v) is 12.8. The molecule has 0 unspecified atom stereocenters. The van der Waals surface area contributed by atoms with Gasteiger partial charge in [-0.15, -0.1) is 0 Å². The number of carbonyl (C=O) groups excluding carboxylic acids is 2. The third kappa shape index (κ3) is 5.90. The summed E-state index contributed by atoms with van der Waals surface area (Å²) in [6.07, 6.45) is -1.12. The Kier molecular flexibility index (Phi) is 6.03. The maximum atomic E-state index is 11.8. The number of nitro groups is 1. The van der Waals surface area contributed by atoms with Crippen molar-refractivity contribution in [2.45, 2.75) is 26.9 Å². The van der Waals surface area contributed by atoms with Crippen LogP contribution in [-0.2, 0) is 14.3 Å². The first-order valence-electron chi connectivity index (χ1n) is 6.75. The van der Waals surface area contributed by atoms with Gasteiger partial charge in [0.2, 0.25) is 6.54 Å². The van der Waals surface area contributed by atoms with E-state index in [9.17, 15) is 19.7 Å². The number of hydrogen-bond acceptors (Lipinski definition) is 6. The highest BCUT2D eigenvalue weighted by atomic mass is 16.6. The van der Waals surface area contributed by atoms with Crippen LogP contribution in [0.15, 0.2) is 30.3 Å². The molecule has 0 aliphatic rings. The smallest absolute Gasteiger partial charge is 0.338 e. The van der Waals surface area contributed by atoms with Gasteiger partial charge in [-0.25, -0.2) is 4.79 Å². The van der Waals surface area contributed by atoms with Crippen LogP contribution in [0.1, 0.15) is 31.1 Å². The quantitative estimate of drug-likeness (QED) is 0.453. The molecule has 7 heteroatoms. The fourth-order valence-electron chi connectivity index (χ4n) is 1.44. The van der Waals surface area contributed by atoms with Gasteiger partial charge in [-0.05, 0) is 32.9 Å². The van der Waals surface area contributed by atoms with Gasteiger partial charge in [0.1, 0.15) is 6.61 Å². The molecule has 0 heterocycles. The van der Waals surface area contributed by atoms with Crippen LogP contribution < -0.4 is 0 Å². The Labute approximate surface area is 128 Å². The van der Waals surface area contributed by atoms with Crippen LogP contribution >= 0.6 is 0 Å². The molecule has 1 rings (SSSR count). The second kappa shape index (κ2) is 7.53. The van der Waals surface area contributed by atoms with Crippen molar-refractivity contribution in [3.8, 4) is 0 Å². The van der Waals surface area contributed by atoms with Gasteiger partial charge in [-0.3, -0.25) is 14.9 Å². The molecule has 22 heavy (non-hydrogen) atoms. The van der Waals surface area contributed by atoms with Crippen LogP contribution in [0, 0.1) is 15.5 Å². The summed E-state index contributed by atoms with van der Waals surface area (Å²) in [6, 6.07) is 8.21. The van der Waals surface area contributed by atoms with Gasteiger partial charge in [-0.1, -0.05) is 18.2 Å². The maximum Gasteiger partial charge on any atom is 0.338 e. The number of benzene rings is 1. The highest BCUT2D eigenvalue weighted by Crippen LogP contribution is 2.16. The first-order chi connectivity index (χ1) is 10.2. The summed E-state index contributed by atoms with van der Waals surface area (Å²) in [5.41, 5.74) is -0.470. The fourth-order valence-corrected chi connectivity index (χ4v) is 1.44. The summed E-state index contributed by atoms with van der Waals surface area (Å²) in [5, 5.41) is 10.6. The van der Waals surface area contributed by atoms with Crippen molar-refractivity contribution in [2.24, 2.45) is 5.41 Å². The number of nitrogens with zero attached hydrogens (tertiary/aromatic N) is 1. The second-order valence-corrected chi connectivity index (χ2v) is 5.76. The SMILES string of the molecule is CC(C)(C)C(=O)O[C@@H](COC(=O)c1ccccc1)C[N+](=O)[O-]. The molecule has 120 valence electrons. The molecule has 0 aliphatic heterocycles. The highest BCUT2D eigenvalue weighted by molar-refractivity contribution is 5.89. The molecule has 1 atom stereocenters. The lowest BCUT2D eigenvalue weighted by Gasteiger charge is -2.21. The minimum absolute atomic E-state index is 0.324. The van der Waals surface area contributed by atoms with Gasteiger partial charge in [0.05, 0.1) is 11.0 Å². The van der Waals surface area contributed by atoms with Crippen molar-refractivity contribution in [1.82, 2.24) is 0 Å². The largest absolute Gasteiger partial charge is 0.458 e. The predicted octanol–water partition coefficient (Wildman–Crippen LogP) is 2.08. The minimum Gasteiger partial charge on any atom is -0.458 e. The molecule has 0 spiro atoms. The van der Waals surface area contributed by atoms with E-state index in [0.29, 0.717) is 5.56 Å². The van der Waals surface area contributed by atoms with E-state index in [1.807, 2.05) is 0 Å². The molecule has 0 amide bonds. The lowest BCUT2D eigenvalue weighted by molar-refractivity contribution is -0.490. The van der Waals surface area contributed by atoms with Gasteiger partial charge in [0.15, 0.2) is 6.10 Å². The van der Waals surface area contributed by atoms with Crippen molar-refractivity contribution >= 4 is 11.9 Å². The van der Waals surface area contributed by atoms with E-state index >= 15 is 0 Å². The monoisotopic (exact) mass is 309 g/mol. The standard InChI is InChI=1S/C15H19NO6/c1-15(2,3)14(18)22-12(9-16(19)20)10-21-13(17)11-7-5-4-6-8-11/h4-8,12H,9-10H2,1-3H3/t12-/m1/s1. The summed E-state index contributed by atoms with van der Waals surface area (Å²) in [7, 11) is 0. The van der Waals surface area contributed by atoms with E-state index < -0.39 is 34.9 Å². The van der Waals surface area contributed by atoms with Gasteiger partial charge in [0, 0.05) is 4.92 Å². The minimum atomic E-state index is -1.12. The summed E-state index contributed by atoms with van der Waals surface area (Å²) in [5.74, 6) is -1.21. The molecular formula is C15H19NO6. The first kappa shape index (κ1) is 17.6. The molecule has 0 fully saturated rings. The Morgan fingerprint density at radius 3 is 2.32 bits per heavy atom. The van der Waals surface area contributed by atoms with Crippen molar-refractivity contribution in [2.75, 3.05) is 13.2 Å². The third-order valence-corrected chi connectivity index (χ3v) is 2.65. The maximum absolute atomic E-state index is 11.8. The van der Waals surface area contributed by atoms with E-state index in [4.69, 9.17) is 9.47 Å². The van der Waals surface area contributed by atoms with Crippen LogP contribution in [0.2, 0.25) is 0 Å². The fraction of sp³-hybridized carbons (Fsp3) is 0.467. The Morgan fingerprint density at radius 2 is 1.82 bits per heavy atom. The number of esters is 2. The molecule has 7 nitrogen and oxygen atoms in total. The lowest BCUT2D eigenvalue weighted by atomic mass is 9.97. The summed E-state index contributed by atoms with van der Waals surface area (Å²) in [6.45, 7) is 3.91. The van der Waals surface area contributed by atoms with Crippen molar-refractivity contribution in [1.29, 1.82) is 0 Å². The van der Waals surface area contributed by atoms with Crippen molar-refractivity contribution in [3.63, 3.8) is 0 Å². The molecule has 0 saturated heterocycles. The van der Waals surface area contributed by atoms with E-state index in [1.54, 1.807) is 51.1 Å². The number of rotatable bonds is 6. The van der Waals surface area contributed by atoms with E-state index in [2.05, 4.69) is 0 Å². The van der Waals surface area contributed by atoms with Crippen LogP contribution in [0.3, 0.4) is 0 Å². The first-order valence-corrected chi connectivity index (χ1v) is 6.75. The number of carbonyl (C=O) groups is 2. The average molecular weight is 309 g/mol.